The van der Waals surface area contributed by atoms with E-state index in [1.807, 2.05) is 37.4 Å². The first-order valence-electron chi connectivity index (χ1n) is 6.79. The van der Waals surface area contributed by atoms with Gasteiger partial charge in [0, 0.05) is 17.1 Å². The maximum atomic E-state index is 11.8. The van der Waals surface area contributed by atoms with E-state index in [9.17, 15) is 4.79 Å². The average Bonchev–Trinajstić information content (AvgIpc) is 2.88. The van der Waals surface area contributed by atoms with Crippen LogP contribution in [0, 0.1) is 6.92 Å². The zero-order chi connectivity index (χ0) is 15.1. The topological polar surface area (TPSA) is 57.8 Å². The van der Waals surface area contributed by atoms with Crippen LogP contribution in [0.5, 0.6) is 0 Å². The molecule has 0 saturated heterocycles. The van der Waals surface area contributed by atoms with Gasteiger partial charge in [0.25, 0.3) is 0 Å². The molecule has 2 N–H and O–H groups in total. The van der Waals surface area contributed by atoms with Gasteiger partial charge in [-0.2, -0.15) is 5.10 Å². The zero-order valence-electron chi connectivity index (χ0n) is 11.9. The third-order valence-electron chi connectivity index (χ3n) is 3.07. The number of benzene rings is 1. The number of rotatable bonds is 7. The van der Waals surface area contributed by atoms with Crippen molar-refractivity contribution < 1.29 is 4.79 Å². The summed E-state index contributed by atoms with van der Waals surface area (Å²) < 4.78 is 0. The first kappa shape index (κ1) is 15.9. The minimum absolute atomic E-state index is 0.0313. The van der Waals surface area contributed by atoms with Crippen molar-refractivity contribution in [2.75, 3.05) is 12.3 Å². The van der Waals surface area contributed by atoms with Crippen LogP contribution in [0.3, 0.4) is 0 Å². The highest BCUT2D eigenvalue weighted by Crippen LogP contribution is 2.26. The number of hydrogen-bond donors (Lipinski definition) is 2. The van der Waals surface area contributed by atoms with E-state index in [-0.39, 0.29) is 5.91 Å². The van der Waals surface area contributed by atoms with Crippen LogP contribution in [0.15, 0.2) is 35.4 Å². The van der Waals surface area contributed by atoms with E-state index in [0.717, 1.165) is 23.4 Å². The molecule has 1 aromatic heterocycles. The van der Waals surface area contributed by atoms with Crippen molar-refractivity contribution in [3.8, 4) is 0 Å². The van der Waals surface area contributed by atoms with E-state index in [1.165, 1.54) is 17.3 Å². The number of carbonyl (C=O) groups is 1. The van der Waals surface area contributed by atoms with Gasteiger partial charge in [-0.25, -0.2) is 0 Å². The lowest BCUT2D eigenvalue weighted by Crippen LogP contribution is -2.26. The lowest BCUT2D eigenvalue weighted by molar-refractivity contribution is -0.118. The first-order valence-corrected chi connectivity index (χ1v) is 8.16. The molecule has 2 rings (SSSR count). The molecule has 0 aliphatic carbocycles. The van der Waals surface area contributed by atoms with Gasteiger partial charge in [-0.05, 0) is 37.5 Å². The fourth-order valence-corrected chi connectivity index (χ4v) is 2.96. The minimum Gasteiger partial charge on any atom is -0.355 e. The van der Waals surface area contributed by atoms with E-state index in [4.69, 9.17) is 11.6 Å². The van der Waals surface area contributed by atoms with E-state index in [0.29, 0.717) is 17.3 Å². The Kier molecular flexibility index (Phi) is 6.14. The minimum atomic E-state index is 0.0313. The molecule has 0 saturated carbocycles. The number of amides is 1. The summed E-state index contributed by atoms with van der Waals surface area (Å²) in [6.45, 7) is 2.67. The second kappa shape index (κ2) is 8.10. The van der Waals surface area contributed by atoms with Crippen LogP contribution in [-0.4, -0.2) is 28.4 Å². The molecule has 0 atom stereocenters. The molecule has 0 radical (unpaired) electrons. The Morgan fingerprint density at radius 1 is 1.43 bits per heavy atom. The smallest absolute Gasteiger partial charge is 0.230 e. The van der Waals surface area contributed by atoms with Gasteiger partial charge in [-0.1, -0.05) is 23.7 Å². The summed E-state index contributed by atoms with van der Waals surface area (Å²) in [5.41, 5.74) is 2.30. The van der Waals surface area contributed by atoms with Crippen LogP contribution < -0.4 is 5.32 Å². The molecular weight excluding hydrogens is 306 g/mol. The summed E-state index contributed by atoms with van der Waals surface area (Å²) >= 11 is 7.50. The molecule has 1 amide bonds. The number of nitrogens with one attached hydrogen (secondary N) is 2. The third-order valence-corrected chi connectivity index (χ3v) is 4.59. The summed E-state index contributed by atoms with van der Waals surface area (Å²) in [4.78, 5) is 12.7. The van der Waals surface area contributed by atoms with Crippen LogP contribution in [0.1, 0.15) is 17.7 Å². The maximum absolute atomic E-state index is 11.8. The largest absolute Gasteiger partial charge is 0.355 e. The number of halogens is 1. The van der Waals surface area contributed by atoms with Crippen LogP contribution in [0.2, 0.25) is 5.02 Å². The molecule has 1 aromatic carbocycles. The number of nitrogens with zero attached hydrogens (tertiary/aromatic N) is 1. The average molecular weight is 324 g/mol. The molecule has 4 nitrogen and oxygen atoms in total. The Morgan fingerprint density at radius 3 is 2.95 bits per heavy atom. The molecule has 112 valence electrons. The number of aryl methyl sites for hydroxylation is 2. The highest BCUT2D eigenvalue weighted by molar-refractivity contribution is 8.00. The number of thioether (sulfide) groups is 1. The Hall–Kier alpha value is -1.46. The highest BCUT2D eigenvalue weighted by atomic mass is 35.5. The quantitative estimate of drug-likeness (QED) is 0.607. The van der Waals surface area contributed by atoms with Gasteiger partial charge in [0.05, 0.1) is 17.0 Å². The van der Waals surface area contributed by atoms with Gasteiger partial charge < -0.3 is 5.32 Å². The Morgan fingerprint density at radius 2 is 2.24 bits per heavy atom. The lowest BCUT2D eigenvalue weighted by Gasteiger charge is -2.06. The fourth-order valence-electron chi connectivity index (χ4n) is 1.89. The summed E-state index contributed by atoms with van der Waals surface area (Å²) in [7, 11) is 0. The van der Waals surface area contributed by atoms with Crippen LogP contribution >= 0.6 is 23.4 Å². The normalized spacial score (nSPS) is 10.6. The van der Waals surface area contributed by atoms with Crippen molar-refractivity contribution in [1.29, 1.82) is 0 Å². The molecule has 6 heteroatoms. The van der Waals surface area contributed by atoms with Crippen LogP contribution in [0.4, 0.5) is 0 Å². The van der Waals surface area contributed by atoms with Crippen LogP contribution in [-0.2, 0) is 11.2 Å². The molecule has 1 heterocycles. The number of aromatic amines is 1. The standard InChI is InChI=1S/C15H18ClN3OS/c1-11-12(9-18-19-11)5-4-8-17-15(20)10-21-14-7-3-2-6-13(14)16/h2-3,6-7,9H,4-5,8,10H2,1H3,(H,17,20)(H,18,19). The molecule has 2 aromatic rings. The molecule has 21 heavy (non-hydrogen) atoms. The van der Waals surface area contributed by atoms with Crippen molar-refractivity contribution in [2.24, 2.45) is 0 Å². The van der Waals surface area contributed by atoms with Crippen molar-refractivity contribution in [3.05, 3.63) is 46.7 Å². The van der Waals surface area contributed by atoms with Crippen molar-refractivity contribution in [3.63, 3.8) is 0 Å². The second-order valence-electron chi connectivity index (χ2n) is 4.69. The Balaban J connectivity index is 1.64. The number of carbonyl (C=O) groups excluding carboxylic acids is 1. The lowest BCUT2D eigenvalue weighted by atomic mass is 10.1. The van der Waals surface area contributed by atoms with E-state index in [2.05, 4.69) is 15.5 Å². The molecule has 0 spiro atoms. The van der Waals surface area contributed by atoms with Crippen LogP contribution in [0.25, 0.3) is 0 Å². The highest BCUT2D eigenvalue weighted by Gasteiger charge is 2.05. The SMILES string of the molecule is Cc1[nH]ncc1CCCNC(=O)CSc1ccccc1Cl. The van der Waals surface area contributed by atoms with Gasteiger partial charge >= 0.3 is 0 Å². The number of aromatic nitrogens is 2. The second-order valence-corrected chi connectivity index (χ2v) is 6.12. The molecule has 0 unspecified atom stereocenters. The predicted molar refractivity (Wildman–Crippen MR) is 86.8 cm³/mol. The molecule has 0 fully saturated rings. The number of hydrogen-bond acceptors (Lipinski definition) is 3. The fraction of sp³-hybridized carbons (Fsp3) is 0.333. The van der Waals surface area contributed by atoms with Crippen molar-refractivity contribution in [1.82, 2.24) is 15.5 Å². The predicted octanol–water partition coefficient (Wildman–Crippen LogP) is 3.21. The third kappa shape index (κ3) is 5.10. The first-order chi connectivity index (χ1) is 10.2. The van der Waals surface area contributed by atoms with Crippen molar-refractivity contribution in [2.45, 2.75) is 24.7 Å². The summed E-state index contributed by atoms with van der Waals surface area (Å²) in [6, 6.07) is 7.54. The van der Waals surface area contributed by atoms with E-state index >= 15 is 0 Å². The maximum Gasteiger partial charge on any atom is 0.230 e. The van der Waals surface area contributed by atoms with Gasteiger partial charge in [-0.3, -0.25) is 9.89 Å². The van der Waals surface area contributed by atoms with Gasteiger partial charge in [-0.15, -0.1) is 11.8 Å². The summed E-state index contributed by atoms with van der Waals surface area (Å²) in [6.07, 6.45) is 3.66. The molecule has 0 aliphatic rings. The monoisotopic (exact) mass is 323 g/mol. The number of H-pyrrole nitrogens is 1. The molecule has 0 aliphatic heterocycles. The molecule has 0 bridgehead atoms. The summed E-state index contributed by atoms with van der Waals surface area (Å²) in [5.74, 6) is 0.415. The van der Waals surface area contributed by atoms with Gasteiger partial charge in [0.15, 0.2) is 0 Å². The Bertz CT molecular complexity index is 600. The van der Waals surface area contributed by atoms with E-state index < -0.39 is 0 Å². The van der Waals surface area contributed by atoms with E-state index in [1.54, 1.807) is 0 Å². The Labute approximate surface area is 133 Å². The summed E-state index contributed by atoms with van der Waals surface area (Å²) in [5, 5.41) is 10.5. The van der Waals surface area contributed by atoms with Crippen molar-refractivity contribution >= 4 is 29.3 Å². The molecular formula is C15H18ClN3OS. The van der Waals surface area contributed by atoms with Gasteiger partial charge in [0.2, 0.25) is 5.91 Å². The zero-order valence-corrected chi connectivity index (χ0v) is 13.4. The van der Waals surface area contributed by atoms with Gasteiger partial charge in [0.1, 0.15) is 0 Å².